The number of carbonyl (C=O) groups excluding carboxylic acids is 1. The van der Waals surface area contributed by atoms with Crippen LogP contribution in [0.2, 0.25) is 5.02 Å². The topological polar surface area (TPSA) is 80.9 Å². The van der Waals surface area contributed by atoms with Gasteiger partial charge >= 0.3 is 0 Å². The minimum absolute atomic E-state index is 0.155. The molecule has 2 aromatic heterocycles. The molecule has 0 atom stereocenters. The zero-order valence-electron chi connectivity index (χ0n) is 11.4. The van der Waals surface area contributed by atoms with Crippen molar-refractivity contribution in [3.63, 3.8) is 0 Å². The number of halogens is 1. The van der Waals surface area contributed by atoms with Gasteiger partial charge < -0.3 is 9.84 Å². The van der Waals surface area contributed by atoms with Gasteiger partial charge in [-0.25, -0.2) is 0 Å². The Labute approximate surface area is 131 Å². The van der Waals surface area contributed by atoms with E-state index in [0.717, 1.165) is 5.56 Å². The molecule has 0 radical (unpaired) electrons. The molecule has 1 N–H and O–H groups in total. The van der Waals surface area contributed by atoms with Gasteiger partial charge in [-0.1, -0.05) is 16.8 Å². The highest BCUT2D eigenvalue weighted by Gasteiger charge is 2.10. The van der Waals surface area contributed by atoms with Gasteiger partial charge in [0.2, 0.25) is 11.7 Å². The summed E-state index contributed by atoms with van der Waals surface area (Å²) in [6, 6.07) is 10.3. The Morgan fingerprint density at radius 3 is 2.59 bits per heavy atom. The number of pyridine rings is 1. The molecule has 0 aliphatic heterocycles. The molecular formula is C15H11ClN4O2. The van der Waals surface area contributed by atoms with Crippen molar-refractivity contribution >= 4 is 17.5 Å². The molecule has 0 fully saturated rings. The van der Waals surface area contributed by atoms with Gasteiger partial charge in [0.1, 0.15) is 0 Å². The molecule has 0 aliphatic rings. The summed E-state index contributed by atoms with van der Waals surface area (Å²) in [5.41, 5.74) is 1.31. The Kier molecular flexibility index (Phi) is 4.11. The van der Waals surface area contributed by atoms with Gasteiger partial charge in [0.15, 0.2) is 0 Å². The zero-order valence-corrected chi connectivity index (χ0v) is 12.1. The molecule has 0 spiro atoms. The van der Waals surface area contributed by atoms with E-state index in [1.54, 1.807) is 48.8 Å². The SMILES string of the molecule is O=C(NCc1nc(-c2ccc(Cl)cc2)no1)c1ccncc1. The third-order valence-corrected chi connectivity index (χ3v) is 3.17. The summed E-state index contributed by atoms with van der Waals surface area (Å²) >= 11 is 5.83. The number of hydrogen-bond donors (Lipinski definition) is 1. The van der Waals surface area contributed by atoms with Crippen molar-refractivity contribution in [2.45, 2.75) is 6.54 Å². The van der Waals surface area contributed by atoms with Crippen LogP contribution >= 0.6 is 11.6 Å². The minimum Gasteiger partial charge on any atom is -0.343 e. The van der Waals surface area contributed by atoms with E-state index in [0.29, 0.717) is 22.3 Å². The first-order valence-electron chi connectivity index (χ1n) is 6.49. The number of nitrogens with one attached hydrogen (secondary N) is 1. The summed E-state index contributed by atoms with van der Waals surface area (Å²) in [5.74, 6) is 0.547. The lowest BCUT2D eigenvalue weighted by Crippen LogP contribution is -2.22. The molecule has 3 rings (SSSR count). The third kappa shape index (κ3) is 3.29. The first-order chi connectivity index (χ1) is 10.7. The van der Waals surface area contributed by atoms with Crippen LogP contribution in [0.4, 0.5) is 0 Å². The second-order valence-corrected chi connectivity index (χ2v) is 4.87. The number of carbonyl (C=O) groups is 1. The fourth-order valence-corrected chi connectivity index (χ4v) is 1.93. The Bertz CT molecular complexity index is 772. The molecule has 1 aromatic carbocycles. The van der Waals surface area contributed by atoms with Crippen LogP contribution in [-0.2, 0) is 6.54 Å². The largest absolute Gasteiger partial charge is 0.343 e. The monoisotopic (exact) mass is 314 g/mol. The standard InChI is InChI=1S/C15H11ClN4O2/c16-12-3-1-10(2-4-12)14-19-13(22-20-14)9-18-15(21)11-5-7-17-8-6-11/h1-8H,9H2,(H,18,21). The maximum atomic E-state index is 11.9. The summed E-state index contributed by atoms with van der Waals surface area (Å²) < 4.78 is 5.11. The first kappa shape index (κ1) is 14.2. The van der Waals surface area contributed by atoms with Crippen LogP contribution in [-0.4, -0.2) is 21.0 Å². The van der Waals surface area contributed by atoms with Crippen LogP contribution in [0.3, 0.4) is 0 Å². The number of rotatable bonds is 4. The predicted molar refractivity (Wildman–Crippen MR) is 80.2 cm³/mol. The number of aromatic nitrogens is 3. The van der Waals surface area contributed by atoms with Crippen molar-refractivity contribution in [1.29, 1.82) is 0 Å². The van der Waals surface area contributed by atoms with Crippen LogP contribution < -0.4 is 5.32 Å². The van der Waals surface area contributed by atoms with E-state index in [4.69, 9.17) is 16.1 Å². The van der Waals surface area contributed by atoms with E-state index in [2.05, 4.69) is 20.4 Å². The number of nitrogens with zero attached hydrogens (tertiary/aromatic N) is 3. The van der Waals surface area contributed by atoms with Gasteiger partial charge in [-0.2, -0.15) is 4.98 Å². The van der Waals surface area contributed by atoms with Crippen LogP contribution in [0.5, 0.6) is 0 Å². The van der Waals surface area contributed by atoms with E-state index < -0.39 is 0 Å². The maximum absolute atomic E-state index is 11.9. The zero-order chi connectivity index (χ0) is 15.4. The average Bonchev–Trinajstić information content (AvgIpc) is 3.03. The number of amides is 1. The second kappa shape index (κ2) is 6.36. The Balaban J connectivity index is 1.65. The van der Waals surface area contributed by atoms with Crippen molar-refractivity contribution in [2.24, 2.45) is 0 Å². The van der Waals surface area contributed by atoms with E-state index >= 15 is 0 Å². The minimum atomic E-state index is -0.228. The molecule has 1 amide bonds. The summed E-state index contributed by atoms with van der Waals surface area (Å²) in [6.07, 6.45) is 3.11. The highest BCUT2D eigenvalue weighted by atomic mass is 35.5. The fraction of sp³-hybridized carbons (Fsp3) is 0.0667. The Hall–Kier alpha value is -2.73. The van der Waals surface area contributed by atoms with Gasteiger partial charge in [0.25, 0.3) is 5.91 Å². The molecule has 110 valence electrons. The normalized spacial score (nSPS) is 10.4. The highest BCUT2D eigenvalue weighted by Crippen LogP contribution is 2.18. The van der Waals surface area contributed by atoms with E-state index in [-0.39, 0.29) is 12.5 Å². The van der Waals surface area contributed by atoms with Crippen LogP contribution in [0.25, 0.3) is 11.4 Å². The molecule has 2 heterocycles. The van der Waals surface area contributed by atoms with Crippen molar-refractivity contribution in [1.82, 2.24) is 20.4 Å². The van der Waals surface area contributed by atoms with Crippen LogP contribution in [0.1, 0.15) is 16.2 Å². The molecule has 0 unspecified atom stereocenters. The van der Waals surface area contributed by atoms with E-state index in [1.165, 1.54) is 0 Å². The molecule has 3 aromatic rings. The van der Waals surface area contributed by atoms with Crippen molar-refractivity contribution in [2.75, 3.05) is 0 Å². The van der Waals surface area contributed by atoms with E-state index in [9.17, 15) is 4.79 Å². The molecule has 22 heavy (non-hydrogen) atoms. The van der Waals surface area contributed by atoms with Gasteiger partial charge in [-0.15, -0.1) is 0 Å². The molecule has 7 heteroatoms. The summed E-state index contributed by atoms with van der Waals surface area (Å²) in [5, 5.41) is 7.22. The molecule has 0 bridgehead atoms. The molecule has 0 saturated carbocycles. The third-order valence-electron chi connectivity index (χ3n) is 2.91. The number of benzene rings is 1. The van der Waals surface area contributed by atoms with E-state index in [1.807, 2.05) is 0 Å². The quantitative estimate of drug-likeness (QED) is 0.800. The molecule has 0 saturated heterocycles. The lowest BCUT2D eigenvalue weighted by atomic mass is 10.2. The van der Waals surface area contributed by atoms with Crippen molar-refractivity contribution < 1.29 is 9.32 Å². The lowest BCUT2D eigenvalue weighted by Gasteiger charge is -2.01. The Morgan fingerprint density at radius 1 is 1.14 bits per heavy atom. The van der Waals surface area contributed by atoms with Crippen LogP contribution in [0.15, 0.2) is 53.3 Å². The summed E-state index contributed by atoms with van der Waals surface area (Å²) in [4.78, 5) is 20.0. The maximum Gasteiger partial charge on any atom is 0.251 e. The fourth-order valence-electron chi connectivity index (χ4n) is 1.80. The second-order valence-electron chi connectivity index (χ2n) is 4.44. The van der Waals surface area contributed by atoms with Gasteiger partial charge in [-0.3, -0.25) is 9.78 Å². The predicted octanol–water partition coefficient (Wildman–Crippen LogP) is 2.72. The molecule has 6 nitrogen and oxygen atoms in total. The van der Waals surface area contributed by atoms with Gasteiger partial charge in [-0.05, 0) is 36.4 Å². The summed E-state index contributed by atoms with van der Waals surface area (Å²) in [6.45, 7) is 0.155. The van der Waals surface area contributed by atoms with Crippen LogP contribution in [0, 0.1) is 0 Å². The van der Waals surface area contributed by atoms with Gasteiger partial charge in [0, 0.05) is 28.5 Å². The molecule has 0 aliphatic carbocycles. The first-order valence-corrected chi connectivity index (χ1v) is 6.87. The number of hydrogen-bond acceptors (Lipinski definition) is 5. The van der Waals surface area contributed by atoms with Crippen molar-refractivity contribution in [3.05, 3.63) is 65.3 Å². The average molecular weight is 315 g/mol. The van der Waals surface area contributed by atoms with Gasteiger partial charge in [0.05, 0.1) is 6.54 Å². The summed E-state index contributed by atoms with van der Waals surface area (Å²) in [7, 11) is 0. The Morgan fingerprint density at radius 2 is 1.86 bits per heavy atom. The highest BCUT2D eigenvalue weighted by molar-refractivity contribution is 6.30. The molecular weight excluding hydrogens is 304 g/mol. The van der Waals surface area contributed by atoms with Crippen molar-refractivity contribution in [3.8, 4) is 11.4 Å². The lowest BCUT2D eigenvalue weighted by molar-refractivity contribution is 0.0946. The smallest absolute Gasteiger partial charge is 0.251 e.